The van der Waals surface area contributed by atoms with Crippen LogP contribution in [0.25, 0.3) is 0 Å². The minimum atomic E-state index is 0.424. The number of aromatic nitrogens is 2. The van der Waals surface area contributed by atoms with Crippen LogP contribution < -0.4 is 15.8 Å². The van der Waals surface area contributed by atoms with Crippen LogP contribution in [0.3, 0.4) is 0 Å². The monoisotopic (exact) mass is 397 g/mol. The van der Waals surface area contributed by atoms with Crippen molar-refractivity contribution in [3.05, 3.63) is 59.0 Å². The molecule has 0 radical (unpaired) electrons. The van der Waals surface area contributed by atoms with Crippen LogP contribution in [0.5, 0.6) is 5.88 Å². The van der Waals surface area contributed by atoms with Crippen LogP contribution in [0.1, 0.15) is 53.9 Å². The van der Waals surface area contributed by atoms with Gasteiger partial charge >= 0.3 is 0 Å². The van der Waals surface area contributed by atoms with Gasteiger partial charge in [0.2, 0.25) is 11.8 Å². The van der Waals surface area contributed by atoms with Crippen molar-refractivity contribution in [1.29, 1.82) is 5.41 Å². The third-order valence-corrected chi connectivity index (χ3v) is 4.40. The van der Waals surface area contributed by atoms with Crippen LogP contribution in [-0.4, -0.2) is 28.8 Å². The van der Waals surface area contributed by atoms with Gasteiger partial charge in [0.25, 0.3) is 0 Å². The Balaban J connectivity index is 3.13. The van der Waals surface area contributed by atoms with Gasteiger partial charge in [-0.3, -0.25) is 0 Å². The summed E-state index contributed by atoms with van der Waals surface area (Å²) in [6.07, 6.45) is 8.49. The molecule has 0 spiro atoms. The lowest BCUT2D eigenvalue weighted by Crippen LogP contribution is -2.15. The molecule has 0 bridgehead atoms. The van der Waals surface area contributed by atoms with E-state index in [1.54, 1.807) is 18.3 Å². The van der Waals surface area contributed by atoms with Gasteiger partial charge in [-0.05, 0) is 68.9 Å². The standard InChI is InChI=1S/C23H35N5O/c1-7-9-10-19(17(5)11-12-21(25)16(3)4)20(18(6)24)15-27-23-26-14-13-22(28-23)29-8-2/h11-14,25H,3,7-10,15,24H2,1-2,4-6H3,(H,26,27,28). The zero-order valence-corrected chi connectivity index (χ0v) is 18.4. The van der Waals surface area contributed by atoms with Crippen LogP contribution in [-0.2, 0) is 0 Å². The number of nitrogens with zero attached hydrogens (tertiary/aromatic N) is 2. The normalized spacial score (nSPS) is 13.0. The molecule has 0 saturated heterocycles. The van der Waals surface area contributed by atoms with E-state index >= 15 is 0 Å². The molecule has 0 unspecified atom stereocenters. The molecule has 0 saturated carbocycles. The first-order valence-corrected chi connectivity index (χ1v) is 10.1. The minimum Gasteiger partial charge on any atom is -0.478 e. The quantitative estimate of drug-likeness (QED) is 0.333. The summed E-state index contributed by atoms with van der Waals surface area (Å²) in [7, 11) is 0. The fourth-order valence-corrected chi connectivity index (χ4v) is 2.70. The number of anilines is 1. The summed E-state index contributed by atoms with van der Waals surface area (Å²) in [5.74, 6) is 1.04. The first-order valence-electron chi connectivity index (χ1n) is 10.1. The first-order chi connectivity index (χ1) is 13.8. The Bertz CT molecular complexity index is 801. The second kappa shape index (κ2) is 12.5. The molecule has 1 heterocycles. The number of nitrogens with one attached hydrogen (secondary N) is 2. The van der Waals surface area contributed by atoms with Gasteiger partial charge in [0.1, 0.15) is 0 Å². The van der Waals surface area contributed by atoms with Crippen molar-refractivity contribution in [1.82, 2.24) is 9.97 Å². The molecule has 0 amide bonds. The molecule has 6 heteroatoms. The summed E-state index contributed by atoms with van der Waals surface area (Å²) >= 11 is 0. The average Bonchev–Trinajstić information content (AvgIpc) is 2.68. The van der Waals surface area contributed by atoms with Crippen LogP contribution in [0, 0.1) is 5.41 Å². The molecule has 0 aliphatic heterocycles. The minimum absolute atomic E-state index is 0.424. The molecule has 6 nitrogen and oxygen atoms in total. The summed E-state index contributed by atoms with van der Waals surface area (Å²) in [6, 6.07) is 1.73. The summed E-state index contributed by atoms with van der Waals surface area (Å²) < 4.78 is 5.44. The summed E-state index contributed by atoms with van der Waals surface area (Å²) in [6.45, 7) is 14.8. The van der Waals surface area contributed by atoms with Gasteiger partial charge in [0.05, 0.1) is 12.3 Å². The highest BCUT2D eigenvalue weighted by Crippen LogP contribution is 2.24. The third-order valence-electron chi connectivity index (χ3n) is 4.40. The molecule has 158 valence electrons. The first kappa shape index (κ1) is 24.1. The summed E-state index contributed by atoms with van der Waals surface area (Å²) in [5, 5.41) is 11.2. The number of unbranched alkanes of at least 4 members (excludes halogenated alkanes) is 1. The number of hydrogen-bond acceptors (Lipinski definition) is 6. The van der Waals surface area contributed by atoms with E-state index in [0.29, 0.717) is 30.7 Å². The lowest BCUT2D eigenvalue weighted by Gasteiger charge is -2.17. The van der Waals surface area contributed by atoms with Gasteiger partial charge in [-0.25, -0.2) is 4.98 Å². The highest BCUT2D eigenvalue weighted by molar-refractivity contribution is 6.05. The lowest BCUT2D eigenvalue weighted by molar-refractivity contribution is 0.326. The molecule has 0 aliphatic rings. The van der Waals surface area contributed by atoms with Crippen LogP contribution in [0.15, 0.2) is 59.0 Å². The van der Waals surface area contributed by atoms with E-state index in [1.807, 2.05) is 26.8 Å². The average molecular weight is 398 g/mol. The SMILES string of the molecule is C=C(C)C(=N)C=CC(C)=C(CCCC)C(CNc1nccc(OCC)n1)=C(C)N. The van der Waals surface area contributed by atoms with Gasteiger partial charge in [-0.1, -0.05) is 26.0 Å². The fraction of sp³-hybridized carbons (Fsp3) is 0.435. The van der Waals surface area contributed by atoms with E-state index in [1.165, 1.54) is 5.57 Å². The zero-order chi connectivity index (χ0) is 21.8. The predicted octanol–water partition coefficient (Wildman–Crippen LogP) is 5.18. The van der Waals surface area contributed by atoms with E-state index in [-0.39, 0.29) is 0 Å². The molecular formula is C23H35N5O. The van der Waals surface area contributed by atoms with Crippen molar-refractivity contribution in [2.24, 2.45) is 5.73 Å². The Labute approximate surface area is 175 Å². The molecule has 0 atom stereocenters. The van der Waals surface area contributed by atoms with Gasteiger partial charge in [-0.15, -0.1) is 0 Å². The Morgan fingerprint density at radius 3 is 2.55 bits per heavy atom. The Morgan fingerprint density at radius 1 is 1.24 bits per heavy atom. The van der Waals surface area contributed by atoms with Crippen molar-refractivity contribution >= 4 is 11.7 Å². The molecule has 1 rings (SSSR count). The molecular weight excluding hydrogens is 362 g/mol. The number of rotatable bonds is 12. The molecule has 1 aromatic rings. The second-order valence-corrected chi connectivity index (χ2v) is 6.96. The van der Waals surface area contributed by atoms with Crippen LogP contribution >= 0.6 is 0 Å². The largest absolute Gasteiger partial charge is 0.478 e. The number of hydrogen-bond donors (Lipinski definition) is 3. The maximum absolute atomic E-state index is 7.97. The molecule has 0 fully saturated rings. The van der Waals surface area contributed by atoms with Crippen molar-refractivity contribution < 1.29 is 4.74 Å². The zero-order valence-electron chi connectivity index (χ0n) is 18.4. The second-order valence-electron chi connectivity index (χ2n) is 6.96. The Hall–Kier alpha value is -2.89. The Kier molecular flexibility index (Phi) is 10.4. The van der Waals surface area contributed by atoms with E-state index in [0.717, 1.165) is 41.7 Å². The van der Waals surface area contributed by atoms with Crippen molar-refractivity contribution in [2.75, 3.05) is 18.5 Å². The number of nitrogens with two attached hydrogens (primary N) is 1. The van der Waals surface area contributed by atoms with Gasteiger partial charge in [0.15, 0.2) is 0 Å². The summed E-state index contributed by atoms with van der Waals surface area (Å²) in [5.41, 5.74) is 11.5. The third kappa shape index (κ3) is 8.34. The molecule has 4 N–H and O–H groups in total. The molecule has 0 aliphatic carbocycles. The van der Waals surface area contributed by atoms with Gasteiger partial charge in [0, 0.05) is 24.5 Å². The molecule has 0 aromatic carbocycles. The molecule has 1 aromatic heterocycles. The van der Waals surface area contributed by atoms with Crippen molar-refractivity contribution in [3.63, 3.8) is 0 Å². The maximum Gasteiger partial charge on any atom is 0.226 e. The van der Waals surface area contributed by atoms with E-state index in [9.17, 15) is 0 Å². The predicted molar refractivity (Wildman–Crippen MR) is 122 cm³/mol. The number of allylic oxidation sites excluding steroid dienone is 5. The van der Waals surface area contributed by atoms with E-state index < -0.39 is 0 Å². The highest BCUT2D eigenvalue weighted by atomic mass is 16.5. The van der Waals surface area contributed by atoms with E-state index in [2.05, 4.69) is 35.7 Å². The van der Waals surface area contributed by atoms with Crippen LogP contribution in [0.2, 0.25) is 0 Å². The highest BCUT2D eigenvalue weighted by Gasteiger charge is 2.12. The topological polar surface area (TPSA) is 96.9 Å². The van der Waals surface area contributed by atoms with Crippen LogP contribution in [0.4, 0.5) is 5.95 Å². The summed E-state index contributed by atoms with van der Waals surface area (Å²) in [4.78, 5) is 8.63. The fourth-order valence-electron chi connectivity index (χ4n) is 2.70. The Morgan fingerprint density at radius 2 is 1.97 bits per heavy atom. The number of ether oxygens (including phenoxy) is 1. The smallest absolute Gasteiger partial charge is 0.226 e. The maximum atomic E-state index is 7.97. The van der Waals surface area contributed by atoms with Crippen molar-refractivity contribution in [2.45, 2.75) is 53.9 Å². The van der Waals surface area contributed by atoms with E-state index in [4.69, 9.17) is 15.9 Å². The molecule has 29 heavy (non-hydrogen) atoms. The van der Waals surface area contributed by atoms with Gasteiger partial charge < -0.3 is 21.2 Å². The van der Waals surface area contributed by atoms with Gasteiger partial charge in [-0.2, -0.15) is 4.98 Å². The lowest BCUT2D eigenvalue weighted by atomic mass is 9.93. The van der Waals surface area contributed by atoms with Crippen molar-refractivity contribution in [3.8, 4) is 5.88 Å².